The first-order chi connectivity index (χ1) is 6.12. The second-order valence-electron chi connectivity index (χ2n) is 4.93. The third-order valence-corrected chi connectivity index (χ3v) is 4.05. The fourth-order valence-corrected chi connectivity index (χ4v) is 2.91. The second kappa shape index (κ2) is 2.72. The number of rotatable bonds is 1. The molecule has 2 saturated carbocycles. The molecule has 0 aromatic rings. The van der Waals surface area contributed by atoms with Crippen LogP contribution in [0.15, 0.2) is 0 Å². The van der Waals surface area contributed by atoms with Gasteiger partial charge in [0.1, 0.15) is 0 Å². The Morgan fingerprint density at radius 2 is 2.08 bits per heavy atom. The highest BCUT2D eigenvalue weighted by atomic mass is 16.3. The Hall–Kier alpha value is -0.550. The monoisotopic (exact) mass is 179 g/mol. The maximum Gasteiger partial charge on any atom is 0.0860 e. The van der Waals surface area contributed by atoms with E-state index < -0.39 is 5.60 Å². The van der Waals surface area contributed by atoms with Crippen LogP contribution in [-0.2, 0) is 0 Å². The predicted octanol–water partition coefficient (Wildman–Crippen LogP) is 2.23. The van der Waals surface area contributed by atoms with Crippen molar-refractivity contribution in [1.82, 2.24) is 0 Å². The van der Waals surface area contributed by atoms with Crippen molar-refractivity contribution in [3.63, 3.8) is 0 Å². The molecule has 0 spiro atoms. The summed E-state index contributed by atoms with van der Waals surface area (Å²) in [6.07, 6.45) is 5.69. The van der Waals surface area contributed by atoms with Gasteiger partial charge in [-0.1, -0.05) is 13.3 Å². The van der Waals surface area contributed by atoms with Crippen molar-refractivity contribution in [1.29, 1.82) is 5.26 Å². The minimum atomic E-state index is -0.653. The molecule has 2 heteroatoms. The first-order valence-electron chi connectivity index (χ1n) is 5.26. The first-order valence-corrected chi connectivity index (χ1v) is 5.26. The topological polar surface area (TPSA) is 44.0 Å². The van der Waals surface area contributed by atoms with E-state index in [4.69, 9.17) is 5.26 Å². The largest absolute Gasteiger partial charge is 0.388 e. The van der Waals surface area contributed by atoms with Gasteiger partial charge in [-0.3, -0.25) is 0 Å². The Kier molecular flexibility index (Phi) is 1.89. The molecule has 13 heavy (non-hydrogen) atoms. The lowest BCUT2D eigenvalue weighted by Crippen LogP contribution is -2.50. The number of aliphatic hydroxyl groups is 1. The zero-order valence-electron chi connectivity index (χ0n) is 8.21. The van der Waals surface area contributed by atoms with Crippen LogP contribution in [0.4, 0.5) is 0 Å². The summed E-state index contributed by atoms with van der Waals surface area (Å²) in [4.78, 5) is 0. The quantitative estimate of drug-likeness (QED) is 0.670. The van der Waals surface area contributed by atoms with Gasteiger partial charge in [0.15, 0.2) is 0 Å². The molecule has 72 valence electrons. The smallest absolute Gasteiger partial charge is 0.0860 e. The van der Waals surface area contributed by atoms with Crippen LogP contribution in [0.1, 0.15) is 45.4 Å². The van der Waals surface area contributed by atoms with Crippen LogP contribution in [0.2, 0.25) is 0 Å². The van der Waals surface area contributed by atoms with Crippen molar-refractivity contribution in [3.8, 4) is 6.07 Å². The summed E-state index contributed by atoms with van der Waals surface area (Å²) in [5.74, 6) is 0.593. The van der Waals surface area contributed by atoms with E-state index in [-0.39, 0.29) is 5.41 Å². The number of nitrogens with zero attached hydrogens (tertiary/aromatic N) is 1. The highest BCUT2D eigenvalue weighted by molar-refractivity contribution is 5.17. The molecular formula is C11H17NO. The molecule has 0 aliphatic heterocycles. The van der Waals surface area contributed by atoms with E-state index in [1.54, 1.807) is 0 Å². The molecule has 2 fully saturated rings. The maximum atomic E-state index is 10.4. The maximum absolute atomic E-state index is 10.4. The SMILES string of the molecule is CC1CCC(O)(C2(C#N)CCC2)C1. The fourth-order valence-electron chi connectivity index (χ4n) is 2.91. The molecule has 0 bridgehead atoms. The molecule has 2 unspecified atom stereocenters. The minimum Gasteiger partial charge on any atom is -0.388 e. The van der Waals surface area contributed by atoms with Gasteiger partial charge < -0.3 is 5.11 Å². The number of nitriles is 1. The lowest BCUT2D eigenvalue weighted by molar-refractivity contribution is -0.0904. The van der Waals surface area contributed by atoms with Gasteiger partial charge >= 0.3 is 0 Å². The third kappa shape index (κ3) is 1.10. The lowest BCUT2D eigenvalue weighted by atomic mass is 9.59. The Morgan fingerprint density at radius 3 is 2.38 bits per heavy atom. The highest BCUT2D eigenvalue weighted by Crippen LogP contribution is 2.56. The number of hydrogen-bond donors (Lipinski definition) is 1. The van der Waals surface area contributed by atoms with Crippen molar-refractivity contribution in [2.45, 2.75) is 51.0 Å². The van der Waals surface area contributed by atoms with Gasteiger partial charge in [0.25, 0.3) is 0 Å². The van der Waals surface area contributed by atoms with E-state index in [1.165, 1.54) is 0 Å². The predicted molar refractivity (Wildman–Crippen MR) is 49.9 cm³/mol. The zero-order chi connectivity index (χ0) is 9.53. The standard InChI is InChI=1S/C11H17NO/c1-9-3-6-11(13,7-9)10(8-12)4-2-5-10/h9,13H,2-7H2,1H3. The van der Waals surface area contributed by atoms with Crippen LogP contribution in [0.5, 0.6) is 0 Å². The van der Waals surface area contributed by atoms with Crippen molar-refractivity contribution in [3.05, 3.63) is 0 Å². The van der Waals surface area contributed by atoms with E-state index in [9.17, 15) is 5.11 Å². The van der Waals surface area contributed by atoms with Crippen molar-refractivity contribution < 1.29 is 5.11 Å². The Labute approximate surface area is 79.6 Å². The van der Waals surface area contributed by atoms with Crippen molar-refractivity contribution >= 4 is 0 Å². The van der Waals surface area contributed by atoms with Gasteiger partial charge in [0, 0.05) is 0 Å². The molecule has 2 aliphatic carbocycles. The van der Waals surface area contributed by atoms with Gasteiger partial charge in [0.2, 0.25) is 0 Å². The molecule has 0 amide bonds. The van der Waals surface area contributed by atoms with Crippen LogP contribution in [0, 0.1) is 22.7 Å². The van der Waals surface area contributed by atoms with Crippen LogP contribution in [-0.4, -0.2) is 10.7 Å². The highest BCUT2D eigenvalue weighted by Gasteiger charge is 2.56. The van der Waals surface area contributed by atoms with Crippen molar-refractivity contribution in [2.75, 3.05) is 0 Å². The average Bonchev–Trinajstić information content (AvgIpc) is 2.30. The Morgan fingerprint density at radius 1 is 1.38 bits per heavy atom. The van der Waals surface area contributed by atoms with E-state index >= 15 is 0 Å². The normalized spacial score (nSPS) is 42.4. The molecule has 0 heterocycles. The van der Waals surface area contributed by atoms with Crippen LogP contribution in [0.25, 0.3) is 0 Å². The third-order valence-electron chi connectivity index (χ3n) is 4.05. The summed E-state index contributed by atoms with van der Waals surface area (Å²) in [5.41, 5.74) is -1.03. The number of hydrogen-bond acceptors (Lipinski definition) is 2. The molecule has 0 aromatic heterocycles. The molecule has 2 aliphatic rings. The van der Waals surface area contributed by atoms with Crippen LogP contribution in [0.3, 0.4) is 0 Å². The molecule has 1 N–H and O–H groups in total. The molecule has 2 rings (SSSR count). The average molecular weight is 179 g/mol. The zero-order valence-corrected chi connectivity index (χ0v) is 8.21. The molecule has 2 atom stereocenters. The summed E-state index contributed by atoms with van der Waals surface area (Å²) in [7, 11) is 0. The molecule has 2 nitrogen and oxygen atoms in total. The summed E-state index contributed by atoms with van der Waals surface area (Å²) < 4.78 is 0. The van der Waals surface area contributed by atoms with Crippen LogP contribution >= 0.6 is 0 Å². The summed E-state index contributed by atoms with van der Waals surface area (Å²) in [6.45, 7) is 2.17. The van der Waals surface area contributed by atoms with E-state index in [0.29, 0.717) is 5.92 Å². The van der Waals surface area contributed by atoms with Gasteiger partial charge in [-0.05, 0) is 38.0 Å². The first kappa shape index (κ1) is 9.02. The van der Waals surface area contributed by atoms with E-state index in [1.807, 2.05) is 0 Å². The van der Waals surface area contributed by atoms with Gasteiger partial charge in [-0.2, -0.15) is 5.26 Å². The lowest BCUT2D eigenvalue weighted by Gasteiger charge is -2.46. The van der Waals surface area contributed by atoms with Gasteiger partial charge in [-0.15, -0.1) is 0 Å². The van der Waals surface area contributed by atoms with E-state index in [2.05, 4.69) is 13.0 Å². The molecule has 0 saturated heterocycles. The Balaban J connectivity index is 2.19. The van der Waals surface area contributed by atoms with E-state index in [0.717, 1.165) is 38.5 Å². The minimum absolute atomic E-state index is 0.377. The summed E-state index contributed by atoms with van der Waals surface area (Å²) in [6, 6.07) is 2.37. The van der Waals surface area contributed by atoms with Crippen molar-refractivity contribution in [2.24, 2.45) is 11.3 Å². The van der Waals surface area contributed by atoms with Crippen LogP contribution < -0.4 is 0 Å². The molecule has 0 radical (unpaired) electrons. The molecular weight excluding hydrogens is 162 g/mol. The fraction of sp³-hybridized carbons (Fsp3) is 0.909. The van der Waals surface area contributed by atoms with Gasteiger partial charge in [-0.25, -0.2) is 0 Å². The Bertz CT molecular complexity index is 251. The summed E-state index contributed by atoms with van der Waals surface area (Å²) in [5, 5.41) is 19.5. The molecule has 0 aromatic carbocycles. The van der Waals surface area contributed by atoms with Gasteiger partial charge in [0.05, 0.1) is 17.1 Å². The summed E-state index contributed by atoms with van der Waals surface area (Å²) >= 11 is 0. The second-order valence-corrected chi connectivity index (χ2v) is 4.93.